The molecule has 0 bridgehead atoms. The Bertz CT molecular complexity index is 993. The SMILES string of the molecule is CCNC(=O)Nc1nc2cc(-c3cc(C)[nH]c(=O)c3)c(OC)cc2s1. The molecule has 7 nitrogen and oxygen atoms in total. The molecule has 3 N–H and O–H groups in total. The second kappa shape index (κ2) is 6.94. The summed E-state index contributed by atoms with van der Waals surface area (Å²) in [6.45, 7) is 4.21. The number of aromatic nitrogens is 2. The van der Waals surface area contributed by atoms with Gasteiger partial charge in [-0.3, -0.25) is 10.1 Å². The molecule has 3 rings (SSSR count). The normalized spacial score (nSPS) is 10.7. The van der Waals surface area contributed by atoms with Gasteiger partial charge in [-0.25, -0.2) is 9.78 Å². The van der Waals surface area contributed by atoms with Gasteiger partial charge in [-0.2, -0.15) is 0 Å². The van der Waals surface area contributed by atoms with E-state index in [-0.39, 0.29) is 11.6 Å². The lowest BCUT2D eigenvalue weighted by molar-refractivity contribution is 0.252. The standard InChI is InChI=1S/C17H18N4O3S/c1-4-18-16(23)21-17-20-12-7-11(13(24-3)8-14(12)25-17)10-5-9(2)19-15(22)6-10/h5-8H,4H2,1-3H3,(H,19,22)(H2,18,20,21,23). The van der Waals surface area contributed by atoms with Gasteiger partial charge in [0.15, 0.2) is 5.13 Å². The summed E-state index contributed by atoms with van der Waals surface area (Å²) >= 11 is 1.36. The highest BCUT2D eigenvalue weighted by Crippen LogP contribution is 2.37. The van der Waals surface area contributed by atoms with Crippen molar-refractivity contribution in [1.29, 1.82) is 0 Å². The second-order valence-electron chi connectivity index (χ2n) is 5.44. The lowest BCUT2D eigenvalue weighted by Gasteiger charge is -2.09. The maximum absolute atomic E-state index is 11.8. The molecule has 0 fully saturated rings. The largest absolute Gasteiger partial charge is 0.496 e. The first-order valence-electron chi connectivity index (χ1n) is 7.75. The van der Waals surface area contributed by atoms with E-state index < -0.39 is 0 Å². The summed E-state index contributed by atoms with van der Waals surface area (Å²) in [5, 5.41) is 5.88. The molecule has 0 saturated heterocycles. The number of carbonyl (C=O) groups excluding carboxylic acids is 1. The van der Waals surface area contributed by atoms with Crippen LogP contribution in [0.5, 0.6) is 5.75 Å². The Morgan fingerprint density at radius 1 is 1.32 bits per heavy atom. The molecule has 0 saturated carbocycles. The minimum absolute atomic E-state index is 0.172. The molecule has 2 heterocycles. The van der Waals surface area contributed by atoms with E-state index >= 15 is 0 Å². The topological polar surface area (TPSA) is 96.1 Å². The molecular weight excluding hydrogens is 340 g/mol. The number of urea groups is 1. The first-order valence-corrected chi connectivity index (χ1v) is 8.56. The molecule has 130 valence electrons. The van der Waals surface area contributed by atoms with Crippen LogP contribution in [0.4, 0.5) is 9.93 Å². The van der Waals surface area contributed by atoms with Crippen molar-refractivity contribution in [1.82, 2.24) is 15.3 Å². The van der Waals surface area contributed by atoms with Gasteiger partial charge in [0.2, 0.25) is 5.56 Å². The minimum atomic E-state index is -0.293. The monoisotopic (exact) mass is 358 g/mol. The van der Waals surface area contributed by atoms with Crippen LogP contribution in [0.25, 0.3) is 21.3 Å². The Hall–Kier alpha value is -2.87. The summed E-state index contributed by atoms with van der Waals surface area (Å²) in [4.78, 5) is 30.6. The maximum atomic E-state index is 11.8. The molecule has 1 aromatic carbocycles. The van der Waals surface area contributed by atoms with Gasteiger partial charge in [-0.15, -0.1) is 0 Å². The molecule has 2 aromatic heterocycles. The summed E-state index contributed by atoms with van der Waals surface area (Å²) < 4.78 is 6.37. The van der Waals surface area contributed by atoms with E-state index in [0.29, 0.717) is 17.4 Å². The van der Waals surface area contributed by atoms with Crippen LogP contribution in [0.1, 0.15) is 12.6 Å². The fraction of sp³-hybridized carbons (Fsp3) is 0.235. The molecule has 0 aliphatic heterocycles. The van der Waals surface area contributed by atoms with Gasteiger partial charge < -0.3 is 15.0 Å². The smallest absolute Gasteiger partial charge is 0.321 e. The van der Waals surface area contributed by atoms with Crippen molar-refractivity contribution in [2.75, 3.05) is 19.0 Å². The van der Waals surface area contributed by atoms with E-state index in [2.05, 4.69) is 20.6 Å². The summed E-state index contributed by atoms with van der Waals surface area (Å²) in [6.07, 6.45) is 0. The van der Waals surface area contributed by atoms with E-state index in [0.717, 1.165) is 27.0 Å². The Morgan fingerprint density at radius 3 is 2.80 bits per heavy atom. The molecule has 0 spiro atoms. The Balaban J connectivity index is 2.07. The van der Waals surface area contributed by atoms with E-state index in [1.165, 1.54) is 17.4 Å². The zero-order valence-corrected chi connectivity index (χ0v) is 14.9. The van der Waals surface area contributed by atoms with Gasteiger partial charge >= 0.3 is 6.03 Å². The highest BCUT2D eigenvalue weighted by atomic mass is 32.1. The third-order valence-electron chi connectivity index (χ3n) is 3.56. The number of nitrogens with one attached hydrogen (secondary N) is 3. The molecule has 0 unspecified atom stereocenters. The highest BCUT2D eigenvalue weighted by molar-refractivity contribution is 7.22. The van der Waals surface area contributed by atoms with Crippen LogP contribution >= 0.6 is 11.3 Å². The number of aromatic amines is 1. The van der Waals surface area contributed by atoms with E-state index in [9.17, 15) is 9.59 Å². The molecule has 0 aliphatic carbocycles. The highest BCUT2D eigenvalue weighted by Gasteiger charge is 2.13. The third-order valence-corrected chi connectivity index (χ3v) is 4.49. The number of methoxy groups -OCH3 is 1. The number of thiazole rings is 1. The lowest BCUT2D eigenvalue weighted by Crippen LogP contribution is -2.28. The number of aryl methyl sites for hydroxylation is 1. The molecular formula is C17H18N4O3S. The van der Waals surface area contributed by atoms with Crippen molar-refractivity contribution in [3.05, 3.63) is 40.3 Å². The van der Waals surface area contributed by atoms with Crippen molar-refractivity contribution in [3.63, 3.8) is 0 Å². The maximum Gasteiger partial charge on any atom is 0.321 e. The number of rotatable bonds is 4. The predicted molar refractivity (Wildman–Crippen MR) is 99.7 cm³/mol. The average Bonchev–Trinajstić information content (AvgIpc) is 2.93. The first-order chi connectivity index (χ1) is 12.0. The van der Waals surface area contributed by atoms with Crippen LogP contribution in [0, 0.1) is 6.92 Å². The van der Waals surface area contributed by atoms with Gasteiger partial charge in [-0.1, -0.05) is 11.3 Å². The number of anilines is 1. The molecule has 3 aromatic rings. The third kappa shape index (κ3) is 3.63. The fourth-order valence-corrected chi connectivity index (χ4v) is 3.41. The fourth-order valence-electron chi connectivity index (χ4n) is 2.54. The summed E-state index contributed by atoms with van der Waals surface area (Å²) in [6, 6.07) is 6.84. The second-order valence-corrected chi connectivity index (χ2v) is 6.47. The van der Waals surface area contributed by atoms with Gasteiger partial charge in [0, 0.05) is 29.9 Å². The van der Waals surface area contributed by atoms with Gasteiger partial charge in [0.05, 0.1) is 17.3 Å². The number of amides is 2. The molecule has 0 radical (unpaired) electrons. The van der Waals surface area contributed by atoms with Crippen LogP contribution in [0.2, 0.25) is 0 Å². The van der Waals surface area contributed by atoms with E-state index in [1.54, 1.807) is 7.11 Å². The molecule has 8 heteroatoms. The van der Waals surface area contributed by atoms with E-state index in [1.807, 2.05) is 32.0 Å². The zero-order valence-electron chi connectivity index (χ0n) is 14.1. The number of ether oxygens (including phenoxy) is 1. The minimum Gasteiger partial charge on any atom is -0.496 e. The molecule has 2 amide bonds. The summed E-state index contributed by atoms with van der Waals surface area (Å²) in [5.74, 6) is 0.644. The molecule has 0 atom stereocenters. The summed E-state index contributed by atoms with van der Waals surface area (Å²) in [5.41, 5.74) is 2.85. The summed E-state index contributed by atoms with van der Waals surface area (Å²) in [7, 11) is 1.58. The van der Waals surface area contributed by atoms with Gasteiger partial charge in [0.25, 0.3) is 0 Å². The van der Waals surface area contributed by atoms with Crippen molar-refractivity contribution < 1.29 is 9.53 Å². The quantitative estimate of drug-likeness (QED) is 0.668. The van der Waals surface area contributed by atoms with Crippen LogP contribution < -0.4 is 20.9 Å². The number of carbonyl (C=O) groups is 1. The van der Waals surface area contributed by atoms with Crippen molar-refractivity contribution in [2.24, 2.45) is 0 Å². The van der Waals surface area contributed by atoms with Crippen molar-refractivity contribution >= 4 is 32.7 Å². The number of benzene rings is 1. The number of H-pyrrole nitrogens is 1. The van der Waals surface area contributed by atoms with Crippen LogP contribution in [0.3, 0.4) is 0 Å². The first kappa shape index (κ1) is 17.0. The van der Waals surface area contributed by atoms with Crippen LogP contribution in [-0.2, 0) is 0 Å². The number of nitrogens with zero attached hydrogens (tertiary/aromatic N) is 1. The number of hydrogen-bond acceptors (Lipinski definition) is 5. The van der Waals surface area contributed by atoms with Gasteiger partial charge in [-0.05, 0) is 31.5 Å². The Morgan fingerprint density at radius 2 is 2.12 bits per heavy atom. The van der Waals surface area contributed by atoms with Crippen LogP contribution in [-0.4, -0.2) is 29.7 Å². The Kier molecular flexibility index (Phi) is 4.71. The lowest BCUT2D eigenvalue weighted by atomic mass is 10.0. The van der Waals surface area contributed by atoms with Crippen LogP contribution in [0.15, 0.2) is 29.1 Å². The van der Waals surface area contributed by atoms with Crippen molar-refractivity contribution in [2.45, 2.75) is 13.8 Å². The molecule has 0 aliphatic rings. The zero-order chi connectivity index (χ0) is 18.0. The number of hydrogen-bond donors (Lipinski definition) is 3. The molecule has 25 heavy (non-hydrogen) atoms. The van der Waals surface area contributed by atoms with Gasteiger partial charge in [0.1, 0.15) is 5.75 Å². The average molecular weight is 358 g/mol. The number of pyridine rings is 1. The van der Waals surface area contributed by atoms with Crippen molar-refractivity contribution in [3.8, 4) is 16.9 Å². The predicted octanol–water partition coefficient (Wildman–Crippen LogP) is 3.11. The Labute approximate surface area is 148 Å². The van der Waals surface area contributed by atoms with E-state index in [4.69, 9.17) is 4.74 Å². The number of fused-ring (bicyclic) bond motifs is 1.